The van der Waals surface area contributed by atoms with Crippen molar-refractivity contribution < 1.29 is 19.7 Å². The number of benzene rings is 1. The van der Waals surface area contributed by atoms with E-state index in [1.165, 1.54) is 24.2 Å². The van der Waals surface area contributed by atoms with Crippen LogP contribution in [0, 0.1) is 0 Å². The summed E-state index contributed by atoms with van der Waals surface area (Å²) < 4.78 is 6.66. The van der Waals surface area contributed by atoms with E-state index in [9.17, 15) is 15.0 Å². The Hall–Kier alpha value is -2.39. The van der Waals surface area contributed by atoms with Crippen LogP contribution >= 0.6 is 0 Å². The molecule has 3 heterocycles. The van der Waals surface area contributed by atoms with E-state index in [1.54, 1.807) is 0 Å². The lowest BCUT2D eigenvalue weighted by molar-refractivity contribution is -0.250. The molecule has 0 spiro atoms. The van der Waals surface area contributed by atoms with Crippen LogP contribution in [0.3, 0.4) is 0 Å². The number of likely N-dealkylation sites (N-methyl/N-ethyl adjacent to an activating group) is 1. The van der Waals surface area contributed by atoms with Crippen molar-refractivity contribution in [3.63, 3.8) is 0 Å². The summed E-state index contributed by atoms with van der Waals surface area (Å²) in [6.45, 7) is 1.98. The van der Waals surface area contributed by atoms with E-state index in [-0.39, 0.29) is 30.1 Å². The largest absolute Gasteiger partial charge is 0.388 e. The average molecular weight is 455 g/mol. The molecule has 1 aromatic carbocycles. The summed E-state index contributed by atoms with van der Waals surface area (Å²) in [7, 11) is 3.93. The molecule has 1 amide bonds. The fourth-order valence-corrected chi connectivity index (χ4v) is 5.58. The molecule has 2 aliphatic heterocycles. The van der Waals surface area contributed by atoms with Crippen LogP contribution in [0.1, 0.15) is 54.6 Å². The van der Waals surface area contributed by atoms with Gasteiger partial charge in [0.1, 0.15) is 18.1 Å². The van der Waals surface area contributed by atoms with Crippen molar-refractivity contribution in [2.24, 2.45) is 0 Å². The lowest BCUT2D eigenvalue weighted by atomic mass is 9.72. The number of ether oxygens (including phenoxy) is 1. The number of carbonyl (C=O) groups excluding carboxylic acids is 1. The van der Waals surface area contributed by atoms with Crippen LogP contribution in [-0.4, -0.2) is 81.1 Å². The minimum atomic E-state index is -0.942. The number of amides is 1. The molecule has 3 N–H and O–H groups in total. The first-order chi connectivity index (χ1) is 15.7. The van der Waals surface area contributed by atoms with Gasteiger partial charge in [-0.05, 0) is 64.3 Å². The van der Waals surface area contributed by atoms with Gasteiger partial charge in [0.25, 0.3) is 5.91 Å². The standard InChI is InChI=1S/C25H34N4O4/c1-24-13-18(17-7-5-4-6-8-17)14-25(33-24,11-9-20(22(24)31)29(2)3)21(30)15-27-23(32)19-10-12-26-16-28-19/h4-8,10,12,16,18,20-22,30-31H,9,11,13-15H2,1-3H3,(H,27,32)/t18-,20-,21?,22+,24+,25+/m1/s1. The van der Waals surface area contributed by atoms with E-state index in [1.807, 2.05) is 44.1 Å². The summed E-state index contributed by atoms with van der Waals surface area (Å²) >= 11 is 0. The van der Waals surface area contributed by atoms with Crippen LogP contribution < -0.4 is 5.32 Å². The Morgan fingerprint density at radius 1 is 1.27 bits per heavy atom. The fourth-order valence-electron chi connectivity index (χ4n) is 5.58. The number of carbonyl (C=O) groups is 1. The molecule has 2 fully saturated rings. The Bertz CT molecular complexity index is 944. The van der Waals surface area contributed by atoms with E-state index in [4.69, 9.17) is 4.74 Å². The fraction of sp³-hybridized carbons (Fsp3) is 0.560. The zero-order valence-electron chi connectivity index (χ0n) is 19.5. The number of rotatable bonds is 6. The summed E-state index contributed by atoms with van der Waals surface area (Å²) in [5.74, 6) is -0.251. The van der Waals surface area contributed by atoms with Crippen molar-refractivity contribution in [1.82, 2.24) is 20.2 Å². The summed E-state index contributed by atoms with van der Waals surface area (Å²) in [6, 6.07) is 11.7. The lowest BCUT2D eigenvalue weighted by Gasteiger charge is -2.52. The number of hydrogen-bond donors (Lipinski definition) is 3. The molecule has 4 rings (SSSR count). The van der Waals surface area contributed by atoms with E-state index < -0.39 is 23.4 Å². The zero-order valence-corrected chi connectivity index (χ0v) is 19.5. The van der Waals surface area contributed by atoms with E-state index in [0.29, 0.717) is 25.7 Å². The minimum Gasteiger partial charge on any atom is -0.388 e. The molecule has 2 bridgehead atoms. The molecule has 8 nitrogen and oxygen atoms in total. The Morgan fingerprint density at radius 2 is 2.03 bits per heavy atom. The summed E-state index contributed by atoms with van der Waals surface area (Å²) in [5, 5.41) is 25.6. The number of aromatic nitrogens is 2. The molecule has 6 atom stereocenters. The van der Waals surface area contributed by atoms with Crippen molar-refractivity contribution in [1.29, 1.82) is 0 Å². The molecule has 0 radical (unpaired) electrons. The van der Waals surface area contributed by atoms with Gasteiger partial charge in [0.05, 0.1) is 17.3 Å². The second-order valence-electron chi connectivity index (χ2n) is 9.83. The quantitative estimate of drug-likeness (QED) is 0.610. The second kappa shape index (κ2) is 9.46. The molecule has 33 heavy (non-hydrogen) atoms. The first kappa shape index (κ1) is 23.8. The summed E-state index contributed by atoms with van der Waals surface area (Å²) in [5.41, 5.74) is -0.306. The molecule has 2 saturated heterocycles. The highest BCUT2D eigenvalue weighted by Crippen LogP contribution is 2.51. The predicted octanol–water partition coefficient (Wildman–Crippen LogP) is 1.74. The third-order valence-electron chi connectivity index (χ3n) is 7.35. The molecule has 2 aromatic rings. The molecule has 2 aliphatic rings. The number of fused-ring (bicyclic) bond motifs is 2. The van der Waals surface area contributed by atoms with Gasteiger partial charge in [-0.25, -0.2) is 9.97 Å². The number of aliphatic hydroxyl groups excluding tert-OH is 2. The number of hydrogen-bond acceptors (Lipinski definition) is 7. The Balaban J connectivity index is 1.62. The van der Waals surface area contributed by atoms with Crippen molar-refractivity contribution in [3.8, 4) is 0 Å². The maximum atomic E-state index is 12.5. The first-order valence-corrected chi connectivity index (χ1v) is 11.6. The maximum absolute atomic E-state index is 12.5. The highest BCUT2D eigenvalue weighted by atomic mass is 16.6. The van der Waals surface area contributed by atoms with Crippen LogP contribution in [-0.2, 0) is 4.74 Å². The van der Waals surface area contributed by atoms with Crippen LogP contribution in [0.4, 0.5) is 0 Å². The Kier molecular flexibility index (Phi) is 6.81. The highest BCUT2D eigenvalue weighted by Gasteiger charge is 2.57. The normalized spacial score (nSPS) is 32.7. The van der Waals surface area contributed by atoms with Crippen molar-refractivity contribution >= 4 is 5.91 Å². The first-order valence-electron chi connectivity index (χ1n) is 11.6. The molecular formula is C25H34N4O4. The van der Waals surface area contributed by atoms with Gasteiger partial charge in [-0.3, -0.25) is 4.79 Å². The zero-order chi connectivity index (χ0) is 23.6. The van der Waals surface area contributed by atoms with Gasteiger partial charge in [0, 0.05) is 18.8 Å². The second-order valence-corrected chi connectivity index (χ2v) is 9.83. The number of nitrogens with zero attached hydrogens (tertiary/aromatic N) is 3. The monoisotopic (exact) mass is 454 g/mol. The molecule has 1 aromatic heterocycles. The minimum absolute atomic E-state index is 0.0309. The summed E-state index contributed by atoms with van der Waals surface area (Å²) in [6.07, 6.45) is 3.71. The highest BCUT2D eigenvalue weighted by molar-refractivity contribution is 5.92. The van der Waals surface area contributed by atoms with Gasteiger partial charge in [0.2, 0.25) is 0 Å². The van der Waals surface area contributed by atoms with Crippen LogP contribution in [0.25, 0.3) is 0 Å². The average Bonchev–Trinajstić information content (AvgIpc) is 2.90. The topological polar surface area (TPSA) is 108 Å². The van der Waals surface area contributed by atoms with Crippen molar-refractivity contribution in [2.75, 3.05) is 20.6 Å². The van der Waals surface area contributed by atoms with Crippen LogP contribution in [0.2, 0.25) is 0 Å². The van der Waals surface area contributed by atoms with Crippen LogP contribution in [0.5, 0.6) is 0 Å². The smallest absolute Gasteiger partial charge is 0.270 e. The van der Waals surface area contributed by atoms with Crippen LogP contribution in [0.15, 0.2) is 48.9 Å². The third-order valence-corrected chi connectivity index (χ3v) is 7.35. The van der Waals surface area contributed by atoms with Gasteiger partial charge >= 0.3 is 0 Å². The summed E-state index contributed by atoms with van der Waals surface area (Å²) in [4.78, 5) is 22.4. The van der Waals surface area contributed by atoms with Gasteiger partial charge < -0.3 is 25.2 Å². The lowest BCUT2D eigenvalue weighted by Crippen LogP contribution is -2.61. The number of aliphatic hydroxyl groups is 2. The predicted molar refractivity (Wildman–Crippen MR) is 124 cm³/mol. The van der Waals surface area contributed by atoms with E-state index >= 15 is 0 Å². The van der Waals surface area contributed by atoms with Crippen molar-refractivity contribution in [2.45, 2.75) is 68.0 Å². The van der Waals surface area contributed by atoms with Gasteiger partial charge in [0.15, 0.2) is 0 Å². The maximum Gasteiger partial charge on any atom is 0.270 e. The van der Waals surface area contributed by atoms with E-state index in [0.717, 1.165) is 0 Å². The molecule has 0 aliphatic carbocycles. The van der Waals surface area contributed by atoms with Gasteiger partial charge in [-0.15, -0.1) is 0 Å². The molecule has 8 heteroatoms. The molecular weight excluding hydrogens is 420 g/mol. The Morgan fingerprint density at radius 3 is 2.70 bits per heavy atom. The molecule has 0 saturated carbocycles. The van der Waals surface area contributed by atoms with E-state index in [2.05, 4.69) is 27.4 Å². The van der Waals surface area contributed by atoms with Gasteiger partial charge in [-0.2, -0.15) is 0 Å². The number of nitrogens with one attached hydrogen (secondary N) is 1. The third kappa shape index (κ3) is 4.80. The van der Waals surface area contributed by atoms with Crippen molar-refractivity contribution in [3.05, 3.63) is 60.2 Å². The SMILES string of the molecule is CN(C)[C@@H]1CC[C@@]2(C(O)CNC(=O)c3ccncn3)C[C@H](c3ccccc3)C[C@](C)(O2)[C@H]1O. The molecule has 1 unspecified atom stereocenters. The van der Waals surface area contributed by atoms with Gasteiger partial charge in [-0.1, -0.05) is 30.3 Å². The Labute approximate surface area is 195 Å². The molecule has 178 valence electrons.